The van der Waals surface area contributed by atoms with Crippen LogP contribution >= 0.6 is 22.6 Å². The predicted molar refractivity (Wildman–Crippen MR) is 64.6 cm³/mol. The number of sulfonamides is 1. The lowest BCUT2D eigenvalue weighted by atomic mass is 10.3. The molecule has 15 heavy (non-hydrogen) atoms. The van der Waals surface area contributed by atoms with E-state index in [9.17, 15) is 12.8 Å². The van der Waals surface area contributed by atoms with E-state index in [0.717, 1.165) is 0 Å². The highest BCUT2D eigenvalue weighted by atomic mass is 127. The van der Waals surface area contributed by atoms with Crippen LogP contribution in [0.2, 0.25) is 0 Å². The Morgan fingerprint density at radius 3 is 2.73 bits per heavy atom. The highest BCUT2D eigenvalue weighted by Gasteiger charge is 2.18. The molecule has 0 aromatic heterocycles. The number of benzene rings is 1. The van der Waals surface area contributed by atoms with Crippen LogP contribution in [-0.2, 0) is 10.0 Å². The minimum absolute atomic E-state index is 0.00319. The van der Waals surface area contributed by atoms with Crippen molar-refractivity contribution in [2.24, 2.45) is 0 Å². The second kappa shape index (κ2) is 5.22. The van der Waals surface area contributed by atoms with E-state index in [1.54, 1.807) is 22.6 Å². The summed E-state index contributed by atoms with van der Waals surface area (Å²) < 4.78 is 39.0. The normalized spacial score (nSPS) is 11.7. The van der Waals surface area contributed by atoms with Gasteiger partial charge in [0.25, 0.3) is 0 Å². The first kappa shape index (κ1) is 12.9. The van der Waals surface area contributed by atoms with Crippen molar-refractivity contribution in [3.05, 3.63) is 27.6 Å². The van der Waals surface area contributed by atoms with Gasteiger partial charge in [0.1, 0.15) is 5.82 Å². The molecule has 0 bridgehead atoms. The summed E-state index contributed by atoms with van der Waals surface area (Å²) in [5.41, 5.74) is 0. The Bertz CT molecular complexity index is 447. The Balaban J connectivity index is 3.10. The minimum atomic E-state index is -3.57. The van der Waals surface area contributed by atoms with Crippen molar-refractivity contribution in [3.63, 3.8) is 0 Å². The van der Waals surface area contributed by atoms with Crippen molar-refractivity contribution >= 4 is 32.6 Å². The van der Waals surface area contributed by atoms with Crippen LogP contribution < -0.4 is 4.72 Å². The van der Waals surface area contributed by atoms with Crippen molar-refractivity contribution < 1.29 is 12.8 Å². The Morgan fingerprint density at radius 2 is 2.13 bits per heavy atom. The van der Waals surface area contributed by atoms with E-state index >= 15 is 0 Å². The van der Waals surface area contributed by atoms with Crippen LogP contribution in [-0.4, -0.2) is 15.0 Å². The average Bonchev–Trinajstić information content (AvgIpc) is 2.19. The number of hydrogen-bond acceptors (Lipinski definition) is 2. The van der Waals surface area contributed by atoms with Gasteiger partial charge in [-0.1, -0.05) is 13.0 Å². The summed E-state index contributed by atoms with van der Waals surface area (Å²) >= 11 is 1.69. The van der Waals surface area contributed by atoms with Gasteiger partial charge in [-0.25, -0.2) is 17.5 Å². The molecule has 0 saturated carbocycles. The van der Waals surface area contributed by atoms with Crippen molar-refractivity contribution in [1.82, 2.24) is 4.72 Å². The molecule has 0 aliphatic carbocycles. The molecular formula is C9H11FINO2S. The lowest BCUT2D eigenvalue weighted by Crippen LogP contribution is -2.25. The standard InChI is InChI=1S/C9H11FINO2S/c1-2-6-12-15(13,14)8-5-3-4-7(10)9(8)11/h3-5,12H,2,6H2,1H3. The first-order valence-electron chi connectivity index (χ1n) is 4.42. The number of halogens is 2. The molecular weight excluding hydrogens is 332 g/mol. The fraction of sp³-hybridized carbons (Fsp3) is 0.333. The Hall–Kier alpha value is -0.210. The van der Waals surface area contributed by atoms with Crippen LogP contribution in [0.4, 0.5) is 4.39 Å². The van der Waals surface area contributed by atoms with E-state index in [1.165, 1.54) is 18.2 Å². The molecule has 0 heterocycles. The third-order valence-electron chi connectivity index (χ3n) is 1.75. The van der Waals surface area contributed by atoms with Crippen molar-refractivity contribution in [3.8, 4) is 0 Å². The van der Waals surface area contributed by atoms with Gasteiger partial charge in [0.15, 0.2) is 0 Å². The predicted octanol–water partition coefficient (Wildman–Crippen LogP) is 2.12. The van der Waals surface area contributed by atoms with Gasteiger partial charge in [-0.05, 0) is 41.1 Å². The first-order chi connectivity index (χ1) is 6.99. The van der Waals surface area contributed by atoms with Gasteiger partial charge >= 0.3 is 0 Å². The lowest BCUT2D eigenvalue weighted by molar-refractivity contribution is 0.574. The summed E-state index contributed by atoms with van der Waals surface area (Å²) in [6.45, 7) is 2.22. The molecule has 0 spiro atoms. The molecule has 0 aliphatic rings. The van der Waals surface area contributed by atoms with Gasteiger partial charge in [-0.15, -0.1) is 0 Å². The fourth-order valence-electron chi connectivity index (χ4n) is 1.01. The quantitative estimate of drug-likeness (QED) is 0.852. The van der Waals surface area contributed by atoms with E-state index in [2.05, 4.69) is 4.72 Å². The zero-order valence-electron chi connectivity index (χ0n) is 8.13. The fourth-order valence-corrected chi connectivity index (χ4v) is 3.45. The van der Waals surface area contributed by atoms with Crippen molar-refractivity contribution in [2.45, 2.75) is 18.2 Å². The Labute approximate surface area is 102 Å². The minimum Gasteiger partial charge on any atom is -0.211 e. The largest absolute Gasteiger partial charge is 0.241 e. The van der Waals surface area contributed by atoms with Crippen LogP contribution in [0, 0.1) is 9.39 Å². The van der Waals surface area contributed by atoms with Gasteiger partial charge < -0.3 is 0 Å². The van der Waals surface area contributed by atoms with Crippen LogP contribution in [0.1, 0.15) is 13.3 Å². The zero-order valence-corrected chi connectivity index (χ0v) is 11.1. The maximum absolute atomic E-state index is 13.1. The Kier molecular flexibility index (Phi) is 4.47. The molecule has 0 saturated heterocycles. The highest BCUT2D eigenvalue weighted by molar-refractivity contribution is 14.1. The number of rotatable bonds is 4. The molecule has 0 radical (unpaired) electrons. The molecule has 0 fully saturated rings. The highest BCUT2D eigenvalue weighted by Crippen LogP contribution is 2.20. The van der Waals surface area contributed by atoms with Crippen molar-refractivity contribution in [2.75, 3.05) is 6.54 Å². The molecule has 1 rings (SSSR count). The van der Waals surface area contributed by atoms with E-state index < -0.39 is 15.8 Å². The van der Waals surface area contributed by atoms with Crippen LogP contribution in [0.25, 0.3) is 0 Å². The second-order valence-corrected chi connectivity index (χ2v) is 5.76. The van der Waals surface area contributed by atoms with Gasteiger partial charge in [0.2, 0.25) is 10.0 Å². The Morgan fingerprint density at radius 1 is 1.47 bits per heavy atom. The molecule has 0 aliphatic heterocycles. The number of hydrogen-bond donors (Lipinski definition) is 1. The molecule has 6 heteroatoms. The van der Waals surface area contributed by atoms with Gasteiger partial charge in [-0.2, -0.15) is 0 Å². The molecule has 84 valence electrons. The SMILES string of the molecule is CCCNS(=O)(=O)c1cccc(F)c1I. The molecule has 0 atom stereocenters. The van der Waals surface area contributed by atoms with E-state index in [0.29, 0.717) is 13.0 Å². The smallest absolute Gasteiger partial charge is 0.211 e. The molecule has 1 aromatic rings. The molecule has 0 amide bonds. The summed E-state index contributed by atoms with van der Waals surface area (Å²) in [6, 6.07) is 4.02. The summed E-state index contributed by atoms with van der Waals surface area (Å²) in [6.07, 6.45) is 0.700. The van der Waals surface area contributed by atoms with Crippen molar-refractivity contribution in [1.29, 1.82) is 0 Å². The third-order valence-corrected chi connectivity index (χ3v) is 4.71. The van der Waals surface area contributed by atoms with Crippen LogP contribution in [0.5, 0.6) is 0 Å². The van der Waals surface area contributed by atoms with Gasteiger partial charge in [-0.3, -0.25) is 0 Å². The maximum atomic E-state index is 13.1. The number of nitrogens with one attached hydrogen (secondary N) is 1. The summed E-state index contributed by atoms with van der Waals surface area (Å²) in [5.74, 6) is -0.519. The summed E-state index contributed by atoms with van der Waals surface area (Å²) in [4.78, 5) is -0.00319. The molecule has 1 N–H and O–H groups in total. The molecule has 1 aromatic carbocycles. The van der Waals surface area contributed by atoms with E-state index in [-0.39, 0.29) is 8.47 Å². The zero-order chi connectivity index (χ0) is 11.5. The third kappa shape index (κ3) is 3.12. The van der Waals surface area contributed by atoms with Crippen LogP contribution in [0.15, 0.2) is 23.1 Å². The lowest BCUT2D eigenvalue weighted by Gasteiger charge is -2.07. The first-order valence-corrected chi connectivity index (χ1v) is 6.99. The molecule has 0 unspecified atom stereocenters. The molecule has 3 nitrogen and oxygen atoms in total. The van der Waals surface area contributed by atoms with Crippen LogP contribution in [0.3, 0.4) is 0 Å². The van der Waals surface area contributed by atoms with E-state index in [4.69, 9.17) is 0 Å². The van der Waals surface area contributed by atoms with Gasteiger partial charge in [0.05, 0.1) is 8.47 Å². The second-order valence-electron chi connectivity index (χ2n) is 2.95. The topological polar surface area (TPSA) is 46.2 Å². The monoisotopic (exact) mass is 343 g/mol. The summed E-state index contributed by atoms with van der Waals surface area (Å²) in [7, 11) is -3.57. The maximum Gasteiger partial charge on any atom is 0.241 e. The average molecular weight is 343 g/mol. The van der Waals surface area contributed by atoms with E-state index in [1.807, 2.05) is 6.92 Å². The summed E-state index contributed by atoms with van der Waals surface area (Å²) in [5, 5.41) is 0. The van der Waals surface area contributed by atoms with Gasteiger partial charge in [0, 0.05) is 6.54 Å².